The smallest absolute Gasteiger partial charge is 0.278 e. The van der Waals surface area contributed by atoms with E-state index in [-0.39, 0.29) is 11.1 Å². The van der Waals surface area contributed by atoms with Crippen LogP contribution in [0.1, 0.15) is 26.6 Å². The molecule has 0 spiro atoms. The molecule has 0 aliphatic carbocycles. The summed E-state index contributed by atoms with van der Waals surface area (Å²) in [4.78, 5) is 6.77. The molecule has 1 aromatic carbocycles. The Morgan fingerprint density at radius 2 is 1.95 bits per heavy atom. The molecule has 0 unspecified atom stereocenters. The van der Waals surface area contributed by atoms with Gasteiger partial charge in [0.25, 0.3) is 10.0 Å². The van der Waals surface area contributed by atoms with Crippen LogP contribution in [-0.4, -0.2) is 24.5 Å². The molecule has 1 aromatic heterocycles. The Kier molecular flexibility index (Phi) is 4.52. The van der Waals surface area contributed by atoms with Gasteiger partial charge in [-0.3, -0.25) is 4.72 Å². The summed E-state index contributed by atoms with van der Waals surface area (Å²) in [5, 5.41) is 0.0573. The van der Waals surface area contributed by atoms with Crippen LogP contribution in [0.3, 0.4) is 0 Å². The summed E-state index contributed by atoms with van der Waals surface area (Å²) in [6.45, 7) is 5.76. The molecule has 0 saturated carbocycles. The molecule has 2 rings (SSSR count). The zero-order chi connectivity index (χ0) is 15.5. The molecule has 21 heavy (non-hydrogen) atoms. The molecule has 0 fully saturated rings. The lowest BCUT2D eigenvalue weighted by Gasteiger charge is -2.11. The van der Waals surface area contributed by atoms with Gasteiger partial charge in [0, 0.05) is 12.1 Å². The summed E-state index contributed by atoms with van der Waals surface area (Å²) in [6.07, 6.45) is 2.04. The average molecular weight is 309 g/mol. The van der Waals surface area contributed by atoms with E-state index < -0.39 is 10.0 Å². The number of imidazole rings is 1. The number of rotatable bonds is 6. The minimum Gasteiger partial charge on any atom is -0.491 e. The first-order chi connectivity index (χ1) is 9.90. The second kappa shape index (κ2) is 6.17. The van der Waals surface area contributed by atoms with Gasteiger partial charge in [0.2, 0.25) is 0 Å². The number of anilines is 1. The highest BCUT2D eigenvalue weighted by Crippen LogP contribution is 2.19. The summed E-state index contributed by atoms with van der Waals surface area (Å²) in [5.74, 6) is 1.33. The van der Waals surface area contributed by atoms with Crippen molar-refractivity contribution in [3.05, 3.63) is 36.3 Å². The summed E-state index contributed by atoms with van der Waals surface area (Å²) in [6, 6.07) is 6.77. The highest BCUT2D eigenvalue weighted by molar-refractivity contribution is 7.92. The number of aromatic amines is 1. The number of nitrogens with zero attached hydrogens (tertiary/aromatic N) is 1. The molecule has 0 aliphatic rings. The van der Waals surface area contributed by atoms with Gasteiger partial charge in [0.1, 0.15) is 11.6 Å². The van der Waals surface area contributed by atoms with Gasteiger partial charge < -0.3 is 9.72 Å². The first-order valence-corrected chi connectivity index (χ1v) is 8.22. The Hall–Kier alpha value is -2.02. The van der Waals surface area contributed by atoms with Crippen molar-refractivity contribution >= 4 is 15.7 Å². The molecular weight excluding hydrogens is 290 g/mol. The lowest BCUT2D eigenvalue weighted by Crippen LogP contribution is -2.13. The average Bonchev–Trinajstić information content (AvgIpc) is 2.90. The van der Waals surface area contributed by atoms with Crippen LogP contribution in [0.15, 0.2) is 35.5 Å². The van der Waals surface area contributed by atoms with Crippen LogP contribution in [-0.2, 0) is 16.4 Å². The first kappa shape index (κ1) is 15.4. The molecular formula is C14H19N3O3S. The van der Waals surface area contributed by atoms with Crippen LogP contribution in [0.2, 0.25) is 0 Å². The standard InChI is InChI=1S/C14H19N3O3S/c1-4-13-15-9-14(16-13)21(18,19)17-11-5-7-12(8-6-11)20-10(2)3/h5-10,17H,4H2,1-3H3,(H,15,16). The van der Waals surface area contributed by atoms with Crippen molar-refractivity contribution in [3.63, 3.8) is 0 Å². The van der Waals surface area contributed by atoms with Crippen molar-refractivity contribution in [1.29, 1.82) is 0 Å². The van der Waals surface area contributed by atoms with E-state index in [2.05, 4.69) is 14.7 Å². The third-order valence-electron chi connectivity index (χ3n) is 2.71. The zero-order valence-corrected chi connectivity index (χ0v) is 13.1. The molecule has 0 atom stereocenters. The van der Waals surface area contributed by atoms with Crippen LogP contribution in [0.5, 0.6) is 5.75 Å². The van der Waals surface area contributed by atoms with Crippen LogP contribution in [0.25, 0.3) is 0 Å². The lowest BCUT2D eigenvalue weighted by molar-refractivity contribution is 0.242. The van der Waals surface area contributed by atoms with Crippen molar-refractivity contribution in [2.75, 3.05) is 4.72 Å². The van der Waals surface area contributed by atoms with Gasteiger partial charge in [0.05, 0.1) is 12.3 Å². The zero-order valence-electron chi connectivity index (χ0n) is 12.3. The van der Waals surface area contributed by atoms with Gasteiger partial charge >= 0.3 is 0 Å². The van der Waals surface area contributed by atoms with Gasteiger partial charge in [-0.05, 0) is 38.1 Å². The molecule has 114 valence electrons. The molecule has 0 bridgehead atoms. The van der Waals surface area contributed by atoms with Crippen LogP contribution >= 0.6 is 0 Å². The number of ether oxygens (including phenoxy) is 1. The number of hydrogen-bond donors (Lipinski definition) is 2. The number of hydrogen-bond acceptors (Lipinski definition) is 4. The number of H-pyrrole nitrogens is 1. The minimum absolute atomic E-state index is 0.0573. The highest BCUT2D eigenvalue weighted by atomic mass is 32.2. The Balaban J connectivity index is 2.13. The predicted octanol–water partition coefficient (Wildman–Crippen LogP) is 2.56. The Morgan fingerprint density at radius 1 is 1.29 bits per heavy atom. The van der Waals surface area contributed by atoms with Gasteiger partial charge in [-0.2, -0.15) is 8.42 Å². The van der Waals surface area contributed by atoms with Gasteiger partial charge in [0.15, 0.2) is 5.03 Å². The fourth-order valence-corrected chi connectivity index (χ4v) is 2.74. The van der Waals surface area contributed by atoms with Crippen molar-refractivity contribution in [2.24, 2.45) is 0 Å². The SMILES string of the molecule is CCc1ncc(S(=O)(=O)Nc2ccc(OC(C)C)cc2)[nH]1. The van der Waals surface area contributed by atoms with E-state index in [1.165, 1.54) is 6.20 Å². The van der Waals surface area contributed by atoms with E-state index in [0.717, 1.165) is 0 Å². The molecule has 1 heterocycles. The van der Waals surface area contributed by atoms with Crippen molar-refractivity contribution in [3.8, 4) is 5.75 Å². The van der Waals surface area contributed by atoms with E-state index in [4.69, 9.17) is 4.74 Å². The third-order valence-corrected chi connectivity index (χ3v) is 4.00. The van der Waals surface area contributed by atoms with E-state index >= 15 is 0 Å². The maximum Gasteiger partial charge on any atom is 0.278 e. The summed E-state index contributed by atoms with van der Waals surface area (Å²) < 4.78 is 32.4. The van der Waals surface area contributed by atoms with Crippen molar-refractivity contribution in [1.82, 2.24) is 9.97 Å². The van der Waals surface area contributed by atoms with E-state index in [1.54, 1.807) is 24.3 Å². The number of sulfonamides is 1. The molecule has 6 nitrogen and oxygen atoms in total. The monoisotopic (exact) mass is 309 g/mol. The fourth-order valence-electron chi connectivity index (χ4n) is 1.74. The molecule has 0 aliphatic heterocycles. The van der Waals surface area contributed by atoms with Crippen molar-refractivity contribution in [2.45, 2.75) is 38.3 Å². The number of aryl methyl sites for hydroxylation is 1. The predicted molar refractivity (Wildman–Crippen MR) is 81.0 cm³/mol. The van der Waals surface area contributed by atoms with Crippen LogP contribution in [0, 0.1) is 0 Å². The molecule has 0 amide bonds. The quantitative estimate of drug-likeness (QED) is 0.859. The molecule has 2 aromatic rings. The summed E-state index contributed by atoms with van der Waals surface area (Å²) >= 11 is 0. The summed E-state index contributed by atoms with van der Waals surface area (Å²) in [7, 11) is -3.65. The Labute approximate surface area is 124 Å². The Morgan fingerprint density at radius 3 is 2.48 bits per heavy atom. The number of nitrogens with one attached hydrogen (secondary N) is 2. The number of benzene rings is 1. The van der Waals surface area contributed by atoms with Crippen LogP contribution < -0.4 is 9.46 Å². The molecule has 2 N–H and O–H groups in total. The molecule has 0 saturated heterocycles. The fraction of sp³-hybridized carbons (Fsp3) is 0.357. The Bertz CT molecular complexity index is 691. The van der Waals surface area contributed by atoms with Gasteiger partial charge in [-0.15, -0.1) is 0 Å². The topological polar surface area (TPSA) is 84.1 Å². The summed E-state index contributed by atoms with van der Waals surface area (Å²) in [5.41, 5.74) is 0.471. The van der Waals surface area contributed by atoms with Crippen LogP contribution in [0.4, 0.5) is 5.69 Å². The lowest BCUT2D eigenvalue weighted by atomic mass is 10.3. The third kappa shape index (κ3) is 3.98. The van der Waals surface area contributed by atoms with E-state index in [9.17, 15) is 8.42 Å². The minimum atomic E-state index is -3.65. The maximum atomic E-state index is 12.2. The van der Waals surface area contributed by atoms with E-state index in [0.29, 0.717) is 23.7 Å². The number of aromatic nitrogens is 2. The largest absolute Gasteiger partial charge is 0.491 e. The second-order valence-electron chi connectivity index (χ2n) is 4.84. The maximum absolute atomic E-state index is 12.2. The second-order valence-corrected chi connectivity index (χ2v) is 6.50. The van der Waals surface area contributed by atoms with E-state index in [1.807, 2.05) is 20.8 Å². The molecule has 0 radical (unpaired) electrons. The molecule has 7 heteroatoms. The normalized spacial score (nSPS) is 11.6. The van der Waals surface area contributed by atoms with Gasteiger partial charge in [-0.25, -0.2) is 4.98 Å². The van der Waals surface area contributed by atoms with Crippen molar-refractivity contribution < 1.29 is 13.2 Å². The van der Waals surface area contributed by atoms with Gasteiger partial charge in [-0.1, -0.05) is 6.92 Å². The first-order valence-electron chi connectivity index (χ1n) is 6.74. The highest BCUT2D eigenvalue weighted by Gasteiger charge is 2.17.